The molecule has 0 bridgehead atoms. The van der Waals surface area contributed by atoms with E-state index in [0.717, 1.165) is 25.9 Å². The van der Waals surface area contributed by atoms with Gasteiger partial charge in [-0.1, -0.05) is 17.7 Å². The predicted molar refractivity (Wildman–Crippen MR) is 104 cm³/mol. The van der Waals surface area contributed by atoms with Crippen molar-refractivity contribution in [3.8, 4) is 0 Å². The molecule has 0 aliphatic carbocycles. The van der Waals surface area contributed by atoms with Gasteiger partial charge in [0.25, 0.3) is 5.69 Å². The summed E-state index contributed by atoms with van der Waals surface area (Å²) in [7, 11) is 0. The van der Waals surface area contributed by atoms with Gasteiger partial charge in [-0.2, -0.15) is 5.10 Å². The molecule has 0 spiro atoms. The van der Waals surface area contributed by atoms with E-state index in [0.29, 0.717) is 16.9 Å². The Morgan fingerprint density at radius 2 is 2.00 bits per heavy atom. The number of hydrogen-bond donors (Lipinski definition) is 2. The normalized spacial score (nSPS) is 13.9. The zero-order valence-electron chi connectivity index (χ0n) is 14.3. The third-order valence-electron chi connectivity index (χ3n) is 4.25. The molecule has 8 nitrogen and oxygen atoms in total. The molecule has 1 saturated heterocycles. The SMILES string of the molecule is O=C(O)c1cc(N/N=C\c2ccc(N3CCCC3)c([N+](=O)[O-])c2)ccc1Cl. The van der Waals surface area contributed by atoms with Gasteiger partial charge in [-0.15, -0.1) is 0 Å². The average molecular weight is 389 g/mol. The third-order valence-corrected chi connectivity index (χ3v) is 4.58. The van der Waals surface area contributed by atoms with E-state index in [4.69, 9.17) is 16.7 Å². The molecule has 9 heteroatoms. The number of nitrogens with one attached hydrogen (secondary N) is 1. The van der Waals surface area contributed by atoms with Crippen molar-refractivity contribution in [1.82, 2.24) is 0 Å². The van der Waals surface area contributed by atoms with Crippen LogP contribution in [0.15, 0.2) is 41.5 Å². The Balaban J connectivity index is 1.77. The van der Waals surface area contributed by atoms with Crippen LogP contribution in [-0.4, -0.2) is 35.3 Å². The van der Waals surface area contributed by atoms with E-state index in [2.05, 4.69) is 10.5 Å². The molecule has 0 amide bonds. The summed E-state index contributed by atoms with van der Waals surface area (Å²) in [4.78, 5) is 24.1. The highest BCUT2D eigenvalue weighted by Gasteiger charge is 2.22. The molecule has 0 atom stereocenters. The van der Waals surface area contributed by atoms with Crippen LogP contribution in [0.2, 0.25) is 5.02 Å². The molecule has 2 N–H and O–H groups in total. The molecule has 0 radical (unpaired) electrons. The van der Waals surface area contributed by atoms with Gasteiger partial charge in [0.1, 0.15) is 5.69 Å². The number of aromatic carboxylic acids is 1. The molecule has 0 unspecified atom stereocenters. The summed E-state index contributed by atoms with van der Waals surface area (Å²) in [6.07, 6.45) is 3.50. The Labute approximate surface area is 160 Å². The molecule has 2 aromatic rings. The number of benzene rings is 2. The molecular weight excluding hydrogens is 372 g/mol. The maximum absolute atomic E-state index is 11.4. The van der Waals surface area contributed by atoms with Gasteiger partial charge in [-0.25, -0.2) is 4.79 Å². The van der Waals surface area contributed by atoms with Crippen molar-refractivity contribution in [2.45, 2.75) is 12.8 Å². The fourth-order valence-corrected chi connectivity index (χ4v) is 3.13. The lowest BCUT2D eigenvalue weighted by Crippen LogP contribution is -2.19. The third kappa shape index (κ3) is 4.35. The lowest BCUT2D eigenvalue weighted by Gasteiger charge is -2.17. The van der Waals surface area contributed by atoms with Gasteiger partial charge in [-0.05, 0) is 37.1 Å². The van der Waals surface area contributed by atoms with E-state index in [9.17, 15) is 14.9 Å². The Bertz CT molecular complexity index is 910. The highest BCUT2D eigenvalue weighted by Crippen LogP contribution is 2.31. The van der Waals surface area contributed by atoms with Gasteiger partial charge >= 0.3 is 5.97 Å². The molecule has 1 aliphatic heterocycles. The van der Waals surface area contributed by atoms with Crippen LogP contribution in [-0.2, 0) is 0 Å². The maximum atomic E-state index is 11.4. The number of carbonyl (C=O) groups is 1. The number of carboxylic acid groups (broad SMARTS) is 1. The number of anilines is 2. The summed E-state index contributed by atoms with van der Waals surface area (Å²) in [5.41, 5.74) is 4.32. The monoisotopic (exact) mass is 388 g/mol. The number of nitro benzene ring substituents is 1. The first-order valence-electron chi connectivity index (χ1n) is 8.31. The number of carboxylic acids is 1. The van der Waals surface area contributed by atoms with Crippen LogP contribution in [0.25, 0.3) is 0 Å². The summed E-state index contributed by atoms with van der Waals surface area (Å²) >= 11 is 5.82. The minimum absolute atomic E-state index is 0.0394. The van der Waals surface area contributed by atoms with Crippen LogP contribution >= 0.6 is 11.6 Å². The zero-order valence-corrected chi connectivity index (χ0v) is 15.0. The molecule has 0 aromatic heterocycles. The molecule has 140 valence electrons. The second-order valence-corrected chi connectivity index (χ2v) is 6.48. The predicted octanol–water partition coefficient (Wildman–Crippen LogP) is 3.99. The molecule has 1 fully saturated rings. The standard InChI is InChI=1S/C18H17ClN4O4/c19-15-5-4-13(10-14(15)18(24)25)21-20-11-12-3-6-16(17(9-12)23(26)27)22-7-1-2-8-22/h3-6,9-11,21H,1-2,7-8H2,(H,24,25)/b20-11-. The summed E-state index contributed by atoms with van der Waals surface area (Å²) in [6.45, 7) is 1.64. The topological polar surface area (TPSA) is 108 Å². The number of rotatable bonds is 6. The van der Waals surface area contributed by atoms with Crippen molar-refractivity contribution in [2.75, 3.05) is 23.4 Å². The number of halogens is 1. The minimum Gasteiger partial charge on any atom is -0.478 e. The summed E-state index contributed by atoms with van der Waals surface area (Å²) in [6, 6.07) is 9.37. The van der Waals surface area contributed by atoms with E-state index >= 15 is 0 Å². The molecular formula is C18H17ClN4O4. The molecule has 1 heterocycles. The lowest BCUT2D eigenvalue weighted by atomic mass is 10.1. The van der Waals surface area contributed by atoms with E-state index in [1.165, 1.54) is 24.4 Å². The van der Waals surface area contributed by atoms with E-state index in [-0.39, 0.29) is 16.3 Å². The zero-order chi connectivity index (χ0) is 19.4. The summed E-state index contributed by atoms with van der Waals surface area (Å²) in [5.74, 6) is -1.14. The van der Waals surface area contributed by atoms with E-state index in [1.807, 2.05) is 4.90 Å². The largest absolute Gasteiger partial charge is 0.478 e. The second kappa shape index (κ2) is 8.05. The van der Waals surface area contributed by atoms with Crippen LogP contribution in [0, 0.1) is 10.1 Å². The quantitative estimate of drug-likeness (QED) is 0.440. The van der Waals surface area contributed by atoms with Crippen LogP contribution in [0.5, 0.6) is 0 Å². The molecule has 2 aromatic carbocycles. The lowest BCUT2D eigenvalue weighted by molar-refractivity contribution is -0.384. The van der Waals surface area contributed by atoms with Crippen molar-refractivity contribution in [3.05, 3.63) is 62.7 Å². The first kappa shape index (κ1) is 18.7. The van der Waals surface area contributed by atoms with Gasteiger partial charge < -0.3 is 10.0 Å². The summed E-state index contributed by atoms with van der Waals surface area (Å²) < 4.78 is 0. The number of nitrogens with zero attached hydrogens (tertiary/aromatic N) is 3. The van der Waals surface area contributed by atoms with Crippen molar-refractivity contribution in [2.24, 2.45) is 5.10 Å². The number of hydrogen-bond acceptors (Lipinski definition) is 6. The van der Waals surface area contributed by atoms with Crippen molar-refractivity contribution >= 4 is 40.8 Å². The fourth-order valence-electron chi connectivity index (χ4n) is 2.93. The van der Waals surface area contributed by atoms with Crippen LogP contribution in [0.1, 0.15) is 28.8 Å². The molecule has 3 rings (SSSR count). The molecule has 1 aliphatic rings. The smallest absolute Gasteiger partial charge is 0.337 e. The Kier molecular flexibility index (Phi) is 5.56. The molecule has 27 heavy (non-hydrogen) atoms. The van der Waals surface area contributed by atoms with Gasteiger partial charge in [0.05, 0.1) is 27.4 Å². The van der Waals surface area contributed by atoms with Gasteiger partial charge in [-0.3, -0.25) is 15.5 Å². The van der Waals surface area contributed by atoms with Gasteiger partial charge in [0, 0.05) is 24.7 Å². The van der Waals surface area contributed by atoms with Crippen LogP contribution < -0.4 is 10.3 Å². The average Bonchev–Trinajstić information content (AvgIpc) is 3.17. The van der Waals surface area contributed by atoms with Crippen molar-refractivity contribution in [1.29, 1.82) is 0 Å². The molecule has 0 saturated carbocycles. The highest BCUT2D eigenvalue weighted by atomic mass is 35.5. The van der Waals surface area contributed by atoms with Crippen molar-refractivity contribution < 1.29 is 14.8 Å². The maximum Gasteiger partial charge on any atom is 0.337 e. The highest BCUT2D eigenvalue weighted by molar-refractivity contribution is 6.33. The van der Waals surface area contributed by atoms with Gasteiger partial charge in [0.2, 0.25) is 0 Å². The van der Waals surface area contributed by atoms with Crippen LogP contribution in [0.4, 0.5) is 17.1 Å². The first-order valence-corrected chi connectivity index (χ1v) is 8.69. The second-order valence-electron chi connectivity index (χ2n) is 6.07. The Morgan fingerprint density at radius 3 is 2.67 bits per heavy atom. The first-order chi connectivity index (χ1) is 13.0. The Morgan fingerprint density at radius 1 is 1.26 bits per heavy atom. The minimum atomic E-state index is -1.14. The van der Waals surface area contributed by atoms with Crippen LogP contribution in [0.3, 0.4) is 0 Å². The Hall–Kier alpha value is -3.13. The van der Waals surface area contributed by atoms with Crippen molar-refractivity contribution in [3.63, 3.8) is 0 Å². The fraction of sp³-hybridized carbons (Fsp3) is 0.222. The summed E-state index contributed by atoms with van der Waals surface area (Å²) in [5, 5.41) is 24.6. The van der Waals surface area contributed by atoms with E-state index in [1.54, 1.807) is 18.2 Å². The number of nitro groups is 1. The van der Waals surface area contributed by atoms with Gasteiger partial charge in [0.15, 0.2) is 0 Å². The van der Waals surface area contributed by atoms with E-state index < -0.39 is 10.9 Å². The number of hydrazone groups is 1.